The Morgan fingerprint density at radius 1 is 1.31 bits per heavy atom. The predicted molar refractivity (Wildman–Crippen MR) is 113 cm³/mol. The van der Waals surface area contributed by atoms with Crippen LogP contribution in [-0.2, 0) is 19.8 Å². The summed E-state index contributed by atoms with van der Waals surface area (Å²) in [5.41, 5.74) is -0.626. The normalized spacial score (nSPS) is 11.8. The van der Waals surface area contributed by atoms with E-state index < -0.39 is 23.1 Å². The van der Waals surface area contributed by atoms with Gasteiger partial charge in [-0.3, -0.25) is 19.3 Å². The second kappa shape index (κ2) is 7.75. The van der Waals surface area contributed by atoms with Crippen molar-refractivity contribution in [3.8, 4) is 10.6 Å². The lowest BCUT2D eigenvalue weighted by molar-refractivity contribution is -0.141. The summed E-state index contributed by atoms with van der Waals surface area (Å²) in [5.74, 6) is 0.443. The average molecular weight is 463 g/mol. The van der Waals surface area contributed by atoms with E-state index in [1.807, 2.05) is 0 Å². The van der Waals surface area contributed by atoms with Crippen LogP contribution < -0.4 is 16.6 Å². The van der Waals surface area contributed by atoms with E-state index in [2.05, 4.69) is 31.8 Å². The second-order valence-corrected chi connectivity index (χ2v) is 7.87. The number of thiazole rings is 1. The van der Waals surface area contributed by atoms with Gasteiger partial charge in [0.1, 0.15) is 16.5 Å². The van der Waals surface area contributed by atoms with Gasteiger partial charge in [-0.15, -0.1) is 11.3 Å². The van der Waals surface area contributed by atoms with Gasteiger partial charge in [-0.1, -0.05) is 6.58 Å². The van der Waals surface area contributed by atoms with E-state index in [1.165, 1.54) is 42.3 Å². The molecule has 0 unspecified atom stereocenters. The molecule has 0 aromatic carbocycles. The first-order valence-electron chi connectivity index (χ1n) is 9.13. The van der Waals surface area contributed by atoms with Crippen molar-refractivity contribution in [3.05, 3.63) is 68.3 Å². The third-order valence-electron chi connectivity index (χ3n) is 4.64. The van der Waals surface area contributed by atoms with Crippen LogP contribution in [0.25, 0.3) is 21.7 Å². The van der Waals surface area contributed by atoms with Gasteiger partial charge in [-0.25, -0.2) is 14.8 Å². The van der Waals surface area contributed by atoms with Crippen molar-refractivity contribution in [1.29, 1.82) is 0 Å². The number of anilines is 1. The number of fused-ring (bicyclic) bond motifs is 1. The van der Waals surface area contributed by atoms with E-state index in [0.717, 1.165) is 6.20 Å². The van der Waals surface area contributed by atoms with Crippen molar-refractivity contribution < 1.29 is 13.2 Å². The Hall–Kier alpha value is -3.74. The SMILES string of the molecule is C=C(Cn1cnc2c1c(=O)[nH]c(=O)n2C)Nc1csc(-c2cnc(C(F)(F)F)c(C)c2)n1. The van der Waals surface area contributed by atoms with Crippen molar-refractivity contribution >= 4 is 28.3 Å². The Kier molecular flexibility index (Phi) is 5.20. The number of nitrogens with zero attached hydrogens (tertiary/aromatic N) is 5. The molecule has 0 bridgehead atoms. The highest BCUT2D eigenvalue weighted by molar-refractivity contribution is 7.13. The largest absolute Gasteiger partial charge is 0.433 e. The molecule has 0 spiro atoms. The average Bonchev–Trinajstić information content (AvgIpc) is 3.32. The van der Waals surface area contributed by atoms with Gasteiger partial charge in [0.05, 0.1) is 12.9 Å². The summed E-state index contributed by atoms with van der Waals surface area (Å²) in [4.78, 5) is 38.1. The molecule has 4 aromatic heterocycles. The minimum atomic E-state index is -4.51. The van der Waals surface area contributed by atoms with Crippen LogP contribution in [0.1, 0.15) is 11.3 Å². The number of rotatable bonds is 5. The third-order valence-corrected chi connectivity index (χ3v) is 5.53. The summed E-state index contributed by atoms with van der Waals surface area (Å²) in [6.45, 7) is 5.44. The van der Waals surface area contributed by atoms with Gasteiger partial charge in [0, 0.05) is 29.9 Å². The number of imidazole rings is 1. The fourth-order valence-electron chi connectivity index (χ4n) is 3.18. The van der Waals surface area contributed by atoms with Gasteiger partial charge in [-0.2, -0.15) is 13.2 Å². The van der Waals surface area contributed by atoms with Crippen molar-refractivity contribution in [2.45, 2.75) is 19.6 Å². The van der Waals surface area contributed by atoms with Gasteiger partial charge in [0.15, 0.2) is 11.2 Å². The van der Waals surface area contributed by atoms with Crippen LogP contribution >= 0.6 is 11.3 Å². The quantitative estimate of drug-likeness (QED) is 0.471. The Morgan fingerprint density at radius 3 is 2.75 bits per heavy atom. The molecular formula is C19H16F3N7O2S. The number of allylic oxidation sites excluding steroid dienone is 1. The molecule has 166 valence electrons. The van der Waals surface area contributed by atoms with Crippen molar-refractivity contribution in [1.82, 2.24) is 29.1 Å². The van der Waals surface area contributed by atoms with Crippen LogP contribution in [0.2, 0.25) is 0 Å². The second-order valence-electron chi connectivity index (χ2n) is 7.02. The van der Waals surface area contributed by atoms with E-state index in [-0.39, 0.29) is 23.3 Å². The lowest BCUT2D eigenvalue weighted by Crippen LogP contribution is -2.29. The molecule has 0 saturated heterocycles. The van der Waals surface area contributed by atoms with Crippen molar-refractivity contribution in [2.75, 3.05) is 5.32 Å². The van der Waals surface area contributed by atoms with Crippen LogP contribution in [0.4, 0.5) is 19.0 Å². The van der Waals surface area contributed by atoms with Crippen LogP contribution in [0.15, 0.2) is 45.8 Å². The molecule has 0 aliphatic carbocycles. The molecule has 9 nitrogen and oxygen atoms in total. The number of aryl methyl sites for hydroxylation is 2. The molecule has 4 aromatic rings. The molecule has 0 aliphatic heterocycles. The fraction of sp³-hybridized carbons (Fsp3) is 0.211. The molecule has 0 aliphatic rings. The van der Waals surface area contributed by atoms with Crippen LogP contribution in [0, 0.1) is 6.92 Å². The molecule has 0 radical (unpaired) electrons. The van der Waals surface area contributed by atoms with Crippen LogP contribution in [0.3, 0.4) is 0 Å². The summed E-state index contributed by atoms with van der Waals surface area (Å²) in [7, 11) is 1.50. The minimum absolute atomic E-state index is 0.00993. The first kappa shape index (κ1) is 21.5. The number of halogens is 3. The number of pyridine rings is 1. The molecule has 0 atom stereocenters. The van der Waals surface area contributed by atoms with E-state index in [0.29, 0.717) is 22.1 Å². The Labute approximate surface area is 181 Å². The van der Waals surface area contributed by atoms with Crippen molar-refractivity contribution in [3.63, 3.8) is 0 Å². The van der Waals surface area contributed by atoms with Gasteiger partial charge in [0.2, 0.25) is 0 Å². The maximum atomic E-state index is 12.9. The number of alkyl halides is 3. The van der Waals surface area contributed by atoms with Gasteiger partial charge in [0.25, 0.3) is 5.56 Å². The van der Waals surface area contributed by atoms with E-state index in [4.69, 9.17) is 0 Å². The molecule has 13 heteroatoms. The highest BCUT2D eigenvalue weighted by Crippen LogP contribution is 2.33. The topological polar surface area (TPSA) is 110 Å². The Balaban J connectivity index is 1.52. The zero-order chi connectivity index (χ0) is 23.2. The third kappa shape index (κ3) is 3.93. The first-order chi connectivity index (χ1) is 15.0. The minimum Gasteiger partial charge on any atom is -0.342 e. The number of H-pyrrole nitrogens is 1. The molecular weight excluding hydrogens is 447 g/mol. The number of nitrogens with one attached hydrogen (secondary N) is 2. The first-order valence-corrected chi connectivity index (χ1v) is 10.0. The van der Waals surface area contributed by atoms with Gasteiger partial charge < -0.3 is 9.88 Å². The predicted octanol–water partition coefficient (Wildman–Crippen LogP) is 2.89. The maximum absolute atomic E-state index is 12.9. The highest BCUT2D eigenvalue weighted by atomic mass is 32.1. The molecule has 32 heavy (non-hydrogen) atoms. The molecule has 4 heterocycles. The Morgan fingerprint density at radius 2 is 2.06 bits per heavy atom. The summed E-state index contributed by atoms with van der Waals surface area (Å²) in [6.07, 6.45) is -1.95. The van der Waals surface area contributed by atoms with Crippen molar-refractivity contribution in [2.24, 2.45) is 7.05 Å². The number of aromatic amines is 1. The van der Waals surface area contributed by atoms with Crippen LogP contribution in [0.5, 0.6) is 0 Å². The van der Waals surface area contributed by atoms with E-state index >= 15 is 0 Å². The standard InChI is InChI=1S/C19H16F3N7O2S/c1-9-4-11(5-23-14(9)19(20,21)22)17-26-12(7-32-17)25-10(2)6-29-8-24-15-13(29)16(30)27-18(31)28(15)3/h4-5,7-8,25H,2,6H2,1,3H3,(H,27,30,31). The van der Waals surface area contributed by atoms with E-state index in [9.17, 15) is 22.8 Å². The number of hydrogen-bond acceptors (Lipinski definition) is 7. The van der Waals surface area contributed by atoms with E-state index in [1.54, 1.807) is 9.95 Å². The highest BCUT2D eigenvalue weighted by Gasteiger charge is 2.34. The summed E-state index contributed by atoms with van der Waals surface area (Å²) < 4.78 is 41.5. The lowest BCUT2D eigenvalue weighted by atomic mass is 10.1. The summed E-state index contributed by atoms with van der Waals surface area (Å²) >= 11 is 1.24. The number of hydrogen-bond donors (Lipinski definition) is 2. The monoisotopic (exact) mass is 463 g/mol. The molecule has 4 rings (SSSR count). The van der Waals surface area contributed by atoms with Gasteiger partial charge in [-0.05, 0) is 18.6 Å². The zero-order valence-corrected chi connectivity index (χ0v) is 17.6. The molecule has 0 fully saturated rings. The fourth-order valence-corrected chi connectivity index (χ4v) is 3.92. The molecule has 2 N–H and O–H groups in total. The lowest BCUT2D eigenvalue weighted by Gasteiger charge is -2.10. The van der Waals surface area contributed by atoms with Gasteiger partial charge >= 0.3 is 11.9 Å². The summed E-state index contributed by atoms with van der Waals surface area (Å²) in [5, 5.41) is 5.19. The number of aromatic nitrogens is 6. The maximum Gasteiger partial charge on any atom is 0.433 e. The molecule has 0 saturated carbocycles. The smallest absolute Gasteiger partial charge is 0.342 e. The van der Waals surface area contributed by atoms with Crippen LogP contribution in [-0.4, -0.2) is 29.1 Å². The zero-order valence-electron chi connectivity index (χ0n) is 16.8. The summed E-state index contributed by atoms with van der Waals surface area (Å²) in [6, 6.07) is 1.39. The molecule has 0 amide bonds. The Bertz CT molecular complexity index is 1460.